The van der Waals surface area contributed by atoms with Crippen molar-refractivity contribution >= 4 is 5.91 Å². The quantitative estimate of drug-likeness (QED) is 0.830. The van der Waals surface area contributed by atoms with Crippen molar-refractivity contribution in [1.29, 1.82) is 0 Å². The highest BCUT2D eigenvalue weighted by Crippen LogP contribution is 2.35. The summed E-state index contributed by atoms with van der Waals surface area (Å²) >= 11 is 0. The van der Waals surface area contributed by atoms with E-state index in [4.69, 9.17) is 0 Å². The fourth-order valence-electron chi connectivity index (χ4n) is 3.92. The molecule has 2 saturated carbocycles. The van der Waals surface area contributed by atoms with E-state index in [-0.39, 0.29) is 11.6 Å². The second-order valence-corrected chi connectivity index (χ2v) is 7.22. The molecule has 0 radical (unpaired) electrons. The Kier molecular flexibility index (Phi) is 4.04. The lowest BCUT2D eigenvalue weighted by Crippen LogP contribution is -2.58. The van der Waals surface area contributed by atoms with E-state index in [0.29, 0.717) is 11.9 Å². The Labute approximate surface area is 122 Å². The van der Waals surface area contributed by atoms with Crippen molar-refractivity contribution < 1.29 is 4.79 Å². The van der Waals surface area contributed by atoms with Crippen LogP contribution in [0, 0.1) is 0 Å². The maximum atomic E-state index is 12.7. The van der Waals surface area contributed by atoms with Crippen LogP contribution in [0.4, 0.5) is 0 Å². The van der Waals surface area contributed by atoms with Crippen LogP contribution in [0.3, 0.4) is 0 Å². The molecular weight excluding hydrogens is 250 g/mol. The van der Waals surface area contributed by atoms with Crippen LogP contribution in [-0.4, -0.2) is 60.5 Å². The highest BCUT2D eigenvalue weighted by Gasteiger charge is 2.41. The summed E-state index contributed by atoms with van der Waals surface area (Å²) in [5.41, 5.74) is 0.233. The number of carbonyl (C=O) groups excluding carboxylic acids is 1. The molecule has 0 bridgehead atoms. The minimum absolute atomic E-state index is 0.0943. The van der Waals surface area contributed by atoms with E-state index in [1.807, 2.05) is 0 Å². The minimum Gasteiger partial charge on any atom is -0.339 e. The molecule has 1 amide bonds. The molecule has 1 aliphatic heterocycles. The van der Waals surface area contributed by atoms with Gasteiger partial charge in [0.25, 0.3) is 0 Å². The normalized spacial score (nSPS) is 30.2. The molecule has 1 heterocycles. The van der Waals surface area contributed by atoms with Gasteiger partial charge < -0.3 is 15.1 Å². The lowest BCUT2D eigenvalue weighted by Gasteiger charge is -2.43. The Morgan fingerprint density at radius 1 is 1.20 bits per heavy atom. The van der Waals surface area contributed by atoms with Crippen molar-refractivity contribution in [3.05, 3.63) is 0 Å². The van der Waals surface area contributed by atoms with Crippen molar-refractivity contribution in [2.45, 2.75) is 69.0 Å². The van der Waals surface area contributed by atoms with E-state index < -0.39 is 0 Å². The van der Waals surface area contributed by atoms with Gasteiger partial charge in [0.05, 0.1) is 6.04 Å². The zero-order chi connectivity index (χ0) is 14.2. The second kappa shape index (κ2) is 5.64. The number of nitrogens with one attached hydrogen (secondary N) is 1. The maximum Gasteiger partial charge on any atom is 0.239 e. The fraction of sp³-hybridized carbons (Fsp3) is 0.938. The lowest BCUT2D eigenvalue weighted by atomic mass is 9.93. The number of amides is 1. The molecule has 114 valence electrons. The Balaban J connectivity index is 1.64. The van der Waals surface area contributed by atoms with E-state index in [2.05, 4.69) is 29.2 Å². The predicted octanol–water partition coefficient (Wildman–Crippen LogP) is 1.60. The van der Waals surface area contributed by atoms with Crippen LogP contribution in [0.15, 0.2) is 0 Å². The highest BCUT2D eigenvalue weighted by molar-refractivity contribution is 5.82. The third-order valence-corrected chi connectivity index (χ3v) is 5.51. The predicted molar refractivity (Wildman–Crippen MR) is 80.6 cm³/mol. The number of hydrogen-bond donors (Lipinski definition) is 1. The van der Waals surface area contributed by atoms with E-state index in [0.717, 1.165) is 25.9 Å². The summed E-state index contributed by atoms with van der Waals surface area (Å²) in [5.74, 6) is 0.358. The highest BCUT2D eigenvalue weighted by atomic mass is 16.2. The van der Waals surface area contributed by atoms with Gasteiger partial charge in [-0.3, -0.25) is 4.79 Å². The first-order valence-electron chi connectivity index (χ1n) is 8.33. The van der Waals surface area contributed by atoms with Crippen LogP contribution >= 0.6 is 0 Å². The topological polar surface area (TPSA) is 35.6 Å². The molecule has 3 rings (SSSR count). The first-order valence-corrected chi connectivity index (χ1v) is 8.33. The molecule has 1 unspecified atom stereocenters. The van der Waals surface area contributed by atoms with Crippen LogP contribution in [-0.2, 0) is 4.79 Å². The summed E-state index contributed by atoms with van der Waals surface area (Å²) in [6.45, 7) is 1.89. The first kappa shape index (κ1) is 14.3. The van der Waals surface area contributed by atoms with Gasteiger partial charge in [0.2, 0.25) is 5.91 Å². The summed E-state index contributed by atoms with van der Waals surface area (Å²) in [7, 11) is 4.36. The van der Waals surface area contributed by atoms with Gasteiger partial charge in [-0.25, -0.2) is 0 Å². The van der Waals surface area contributed by atoms with E-state index in [1.165, 1.54) is 38.5 Å². The monoisotopic (exact) mass is 279 g/mol. The average Bonchev–Trinajstić information content (AvgIpc) is 3.10. The number of nitrogens with zero attached hydrogens (tertiary/aromatic N) is 2. The van der Waals surface area contributed by atoms with Gasteiger partial charge in [0.1, 0.15) is 0 Å². The summed E-state index contributed by atoms with van der Waals surface area (Å²) in [4.78, 5) is 17.2. The SMILES string of the molecule is CN(C)C1(CN2CCCC(NC3CC3)C2=O)CCCC1. The van der Waals surface area contributed by atoms with Gasteiger partial charge in [0, 0.05) is 24.7 Å². The third-order valence-electron chi connectivity index (χ3n) is 5.51. The molecule has 3 aliphatic rings. The van der Waals surface area contributed by atoms with Crippen LogP contribution in [0.1, 0.15) is 51.4 Å². The molecule has 3 fully saturated rings. The Hall–Kier alpha value is -0.610. The Morgan fingerprint density at radius 3 is 2.50 bits per heavy atom. The number of carbonyl (C=O) groups is 1. The molecule has 0 aromatic carbocycles. The number of likely N-dealkylation sites (tertiary alicyclic amines) is 1. The molecule has 4 nitrogen and oxygen atoms in total. The molecule has 1 N–H and O–H groups in total. The molecular formula is C16H29N3O. The van der Waals surface area contributed by atoms with Crippen molar-refractivity contribution in [3.63, 3.8) is 0 Å². The number of piperidine rings is 1. The van der Waals surface area contributed by atoms with Crippen molar-refractivity contribution in [2.75, 3.05) is 27.2 Å². The van der Waals surface area contributed by atoms with Crippen molar-refractivity contribution in [2.24, 2.45) is 0 Å². The molecule has 0 aromatic rings. The lowest BCUT2D eigenvalue weighted by molar-refractivity contribution is -0.138. The largest absolute Gasteiger partial charge is 0.339 e. The molecule has 1 atom stereocenters. The van der Waals surface area contributed by atoms with Gasteiger partial charge in [-0.1, -0.05) is 12.8 Å². The molecule has 0 spiro atoms. The standard InChI is InChI=1S/C16H29N3O/c1-18(2)16(9-3-4-10-16)12-19-11-5-6-14(15(19)20)17-13-7-8-13/h13-14,17H,3-12H2,1-2H3. The minimum atomic E-state index is 0.0943. The van der Waals surface area contributed by atoms with E-state index >= 15 is 0 Å². The number of hydrogen-bond acceptors (Lipinski definition) is 3. The molecule has 20 heavy (non-hydrogen) atoms. The maximum absolute atomic E-state index is 12.7. The van der Waals surface area contributed by atoms with Crippen LogP contribution in [0.25, 0.3) is 0 Å². The van der Waals surface area contributed by atoms with Gasteiger partial charge in [-0.15, -0.1) is 0 Å². The summed E-state index contributed by atoms with van der Waals surface area (Å²) < 4.78 is 0. The summed E-state index contributed by atoms with van der Waals surface area (Å²) in [6, 6.07) is 0.718. The van der Waals surface area contributed by atoms with Crippen LogP contribution < -0.4 is 5.32 Å². The van der Waals surface area contributed by atoms with Gasteiger partial charge >= 0.3 is 0 Å². The average molecular weight is 279 g/mol. The van der Waals surface area contributed by atoms with Crippen molar-refractivity contribution in [1.82, 2.24) is 15.1 Å². The molecule has 0 aromatic heterocycles. The Morgan fingerprint density at radius 2 is 1.90 bits per heavy atom. The van der Waals surface area contributed by atoms with E-state index in [9.17, 15) is 4.79 Å². The Bertz CT molecular complexity index is 359. The van der Waals surface area contributed by atoms with Crippen molar-refractivity contribution in [3.8, 4) is 0 Å². The smallest absolute Gasteiger partial charge is 0.239 e. The molecule has 1 saturated heterocycles. The second-order valence-electron chi connectivity index (χ2n) is 7.22. The first-order chi connectivity index (χ1) is 9.61. The van der Waals surface area contributed by atoms with Gasteiger partial charge in [-0.2, -0.15) is 0 Å². The molecule has 2 aliphatic carbocycles. The summed E-state index contributed by atoms with van der Waals surface area (Å²) in [5, 5.41) is 3.53. The number of likely N-dealkylation sites (N-methyl/N-ethyl adjacent to an activating group) is 1. The third kappa shape index (κ3) is 2.86. The van der Waals surface area contributed by atoms with Gasteiger partial charge in [-0.05, 0) is 52.6 Å². The van der Waals surface area contributed by atoms with Gasteiger partial charge in [0.15, 0.2) is 0 Å². The van der Waals surface area contributed by atoms with Crippen LogP contribution in [0.2, 0.25) is 0 Å². The zero-order valence-corrected chi connectivity index (χ0v) is 13.0. The fourth-order valence-corrected chi connectivity index (χ4v) is 3.92. The zero-order valence-electron chi connectivity index (χ0n) is 13.0. The summed E-state index contributed by atoms with van der Waals surface area (Å²) in [6.07, 6.45) is 9.79. The van der Waals surface area contributed by atoms with Crippen LogP contribution in [0.5, 0.6) is 0 Å². The molecule has 4 heteroatoms. The van der Waals surface area contributed by atoms with E-state index in [1.54, 1.807) is 0 Å². The number of rotatable bonds is 5.